The van der Waals surface area contributed by atoms with Crippen LogP contribution >= 0.6 is 23.2 Å². The van der Waals surface area contributed by atoms with Crippen molar-refractivity contribution >= 4 is 23.2 Å². The summed E-state index contributed by atoms with van der Waals surface area (Å²) in [7, 11) is 2.93. The molecule has 1 atom stereocenters. The highest BCUT2D eigenvalue weighted by Gasteiger charge is 2.21. The zero-order valence-electron chi connectivity index (χ0n) is 11.4. The van der Waals surface area contributed by atoms with Crippen LogP contribution in [-0.4, -0.2) is 19.3 Å². The molecule has 6 heteroatoms. The molecule has 0 heterocycles. The van der Waals surface area contributed by atoms with E-state index in [-0.39, 0.29) is 15.6 Å². The van der Waals surface area contributed by atoms with Crippen molar-refractivity contribution in [2.45, 2.75) is 6.10 Å². The average molecular weight is 331 g/mol. The van der Waals surface area contributed by atoms with Crippen molar-refractivity contribution in [3.8, 4) is 11.5 Å². The van der Waals surface area contributed by atoms with Crippen LogP contribution in [0.5, 0.6) is 11.5 Å². The van der Waals surface area contributed by atoms with Gasteiger partial charge in [0.2, 0.25) is 0 Å². The number of aliphatic hydroxyl groups excluding tert-OH is 1. The van der Waals surface area contributed by atoms with E-state index in [2.05, 4.69) is 0 Å². The Morgan fingerprint density at radius 2 is 1.62 bits per heavy atom. The van der Waals surface area contributed by atoms with Gasteiger partial charge in [-0.1, -0.05) is 35.3 Å². The number of hydrogen-bond donors (Lipinski definition) is 1. The second-order valence-corrected chi connectivity index (χ2v) is 5.09. The van der Waals surface area contributed by atoms with E-state index in [9.17, 15) is 9.50 Å². The van der Waals surface area contributed by atoms with E-state index >= 15 is 0 Å². The molecule has 0 saturated heterocycles. The first-order chi connectivity index (χ1) is 9.99. The van der Waals surface area contributed by atoms with Gasteiger partial charge in [-0.2, -0.15) is 0 Å². The topological polar surface area (TPSA) is 38.7 Å². The summed E-state index contributed by atoms with van der Waals surface area (Å²) >= 11 is 11.9. The molecule has 3 nitrogen and oxygen atoms in total. The number of hydrogen-bond acceptors (Lipinski definition) is 3. The lowest BCUT2D eigenvalue weighted by atomic mass is 10.0. The maximum Gasteiger partial charge on any atom is 0.162 e. The normalized spacial score (nSPS) is 12.1. The zero-order chi connectivity index (χ0) is 15.6. The van der Waals surface area contributed by atoms with Crippen molar-refractivity contribution in [3.05, 3.63) is 57.3 Å². The average Bonchev–Trinajstić information content (AvgIpc) is 2.49. The molecule has 2 rings (SSSR count). The third-order valence-corrected chi connectivity index (χ3v) is 3.69. The van der Waals surface area contributed by atoms with Crippen molar-refractivity contribution < 1.29 is 19.0 Å². The summed E-state index contributed by atoms with van der Waals surface area (Å²) in [6, 6.07) is 7.41. The first-order valence-corrected chi connectivity index (χ1v) is 6.78. The number of rotatable bonds is 4. The van der Waals surface area contributed by atoms with Crippen molar-refractivity contribution in [2.75, 3.05) is 14.2 Å². The SMILES string of the molecule is COc1cc(Cl)c(C(O)c2cccc(Cl)c2F)cc1OC. The van der Waals surface area contributed by atoms with Crippen molar-refractivity contribution in [2.24, 2.45) is 0 Å². The predicted octanol–water partition coefficient (Wildman–Crippen LogP) is 4.23. The summed E-state index contributed by atoms with van der Waals surface area (Å²) in [4.78, 5) is 0. The fourth-order valence-electron chi connectivity index (χ4n) is 1.98. The first-order valence-electron chi connectivity index (χ1n) is 6.03. The Hall–Kier alpha value is -1.49. The number of methoxy groups -OCH3 is 2. The van der Waals surface area contributed by atoms with Crippen LogP contribution in [0, 0.1) is 5.82 Å². The van der Waals surface area contributed by atoms with Gasteiger partial charge in [-0.25, -0.2) is 4.39 Å². The molecule has 21 heavy (non-hydrogen) atoms. The molecule has 2 aromatic carbocycles. The zero-order valence-corrected chi connectivity index (χ0v) is 12.9. The minimum Gasteiger partial charge on any atom is -0.493 e. The van der Waals surface area contributed by atoms with Gasteiger partial charge in [0.25, 0.3) is 0 Å². The molecule has 0 aromatic heterocycles. The third-order valence-electron chi connectivity index (χ3n) is 3.07. The van der Waals surface area contributed by atoms with Crippen LogP contribution in [-0.2, 0) is 0 Å². The molecule has 112 valence electrons. The molecular weight excluding hydrogens is 318 g/mol. The first kappa shape index (κ1) is 15.9. The minimum atomic E-state index is -1.27. The Balaban J connectivity index is 2.53. The molecule has 0 bridgehead atoms. The van der Waals surface area contributed by atoms with Crippen LogP contribution in [0.25, 0.3) is 0 Å². The summed E-state index contributed by atoms with van der Waals surface area (Å²) in [5.41, 5.74) is 0.340. The largest absolute Gasteiger partial charge is 0.493 e. The number of ether oxygens (including phenoxy) is 2. The fraction of sp³-hybridized carbons (Fsp3) is 0.200. The fourth-order valence-corrected chi connectivity index (χ4v) is 2.42. The summed E-state index contributed by atoms with van der Waals surface area (Å²) in [5, 5.41) is 10.6. The summed E-state index contributed by atoms with van der Waals surface area (Å²) in [6.45, 7) is 0. The Kier molecular flexibility index (Phi) is 4.93. The molecule has 0 radical (unpaired) electrons. The van der Waals surface area contributed by atoms with E-state index in [1.807, 2.05) is 0 Å². The summed E-state index contributed by atoms with van der Waals surface area (Å²) in [6.07, 6.45) is -1.27. The van der Waals surface area contributed by atoms with Gasteiger partial charge >= 0.3 is 0 Å². The third kappa shape index (κ3) is 3.07. The van der Waals surface area contributed by atoms with E-state index in [4.69, 9.17) is 32.7 Å². The lowest BCUT2D eigenvalue weighted by Crippen LogP contribution is -2.05. The Bertz CT molecular complexity index is 662. The molecule has 0 aliphatic carbocycles. The molecule has 1 unspecified atom stereocenters. The Labute approximate surface area is 131 Å². The van der Waals surface area contributed by atoms with E-state index < -0.39 is 11.9 Å². The lowest BCUT2D eigenvalue weighted by molar-refractivity contribution is 0.214. The van der Waals surface area contributed by atoms with Gasteiger partial charge in [0, 0.05) is 17.2 Å². The Morgan fingerprint density at radius 3 is 2.24 bits per heavy atom. The lowest BCUT2D eigenvalue weighted by Gasteiger charge is -2.17. The molecule has 0 saturated carbocycles. The van der Waals surface area contributed by atoms with Crippen molar-refractivity contribution in [1.82, 2.24) is 0 Å². The molecule has 1 N–H and O–H groups in total. The van der Waals surface area contributed by atoms with Crippen molar-refractivity contribution in [3.63, 3.8) is 0 Å². The van der Waals surface area contributed by atoms with E-state index in [0.717, 1.165) is 0 Å². The van der Waals surface area contributed by atoms with Crippen LogP contribution in [0.2, 0.25) is 10.0 Å². The van der Waals surface area contributed by atoms with Crippen LogP contribution < -0.4 is 9.47 Å². The summed E-state index contributed by atoms with van der Waals surface area (Å²) in [5.74, 6) is 0.126. The van der Waals surface area contributed by atoms with Gasteiger partial charge < -0.3 is 14.6 Å². The van der Waals surface area contributed by atoms with Gasteiger partial charge in [-0.05, 0) is 12.1 Å². The highest BCUT2D eigenvalue weighted by molar-refractivity contribution is 6.31. The number of halogens is 3. The molecule has 0 fully saturated rings. The van der Waals surface area contributed by atoms with Gasteiger partial charge in [0.15, 0.2) is 11.5 Å². The standard InChI is InChI=1S/C15H13Cl2FO3/c1-20-12-6-9(11(17)7-13(12)21-2)15(19)8-4-3-5-10(16)14(8)18/h3-7,15,19H,1-2H3. The molecule has 0 aliphatic rings. The van der Waals surface area contributed by atoms with Gasteiger partial charge in [0.05, 0.1) is 24.3 Å². The molecule has 0 amide bonds. The maximum absolute atomic E-state index is 14.0. The molecule has 2 aromatic rings. The predicted molar refractivity (Wildman–Crippen MR) is 80.0 cm³/mol. The van der Waals surface area contributed by atoms with Crippen LogP contribution in [0.4, 0.5) is 4.39 Å². The minimum absolute atomic E-state index is 0.0385. The summed E-state index contributed by atoms with van der Waals surface area (Å²) < 4.78 is 24.3. The van der Waals surface area contributed by atoms with Crippen LogP contribution in [0.1, 0.15) is 17.2 Å². The smallest absolute Gasteiger partial charge is 0.162 e. The molecule has 0 aliphatic heterocycles. The maximum atomic E-state index is 14.0. The molecule has 0 spiro atoms. The second kappa shape index (κ2) is 6.52. The Morgan fingerprint density at radius 1 is 1.00 bits per heavy atom. The highest BCUT2D eigenvalue weighted by atomic mass is 35.5. The van der Waals surface area contributed by atoms with Crippen LogP contribution in [0.3, 0.4) is 0 Å². The van der Waals surface area contributed by atoms with E-state index in [0.29, 0.717) is 17.1 Å². The van der Waals surface area contributed by atoms with E-state index in [1.165, 1.54) is 38.5 Å². The highest BCUT2D eigenvalue weighted by Crippen LogP contribution is 2.38. The number of aliphatic hydroxyl groups is 1. The quantitative estimate of drug-likeness (QED) is 0.911. The second-order valence-electron chi connectivity index (χ2n) is 4.27. The van der Waals surface area contributed by atoms with Gasteiger partial charge in [0.1, 0.15) is 11.9 Å². The number of benzene rings is 2. The van der Waals surface area contributed by atoms with Gasteiger partial charge in [-0.15, -0.1) is 0 Å². The van der Waals surface area contributed by atoms with Gasteiger partial charge in [-0.3, -0.25) is 0 Å². The van der Waals surface area contributed by atoms with E-state index in [1.54, 1.807) is 6.07 Å². The monoisotopic (exact) mass is 330 g/mol. The van der Waals surface area contributed by atoms with Crippen molar-refractivity contribution in [1.29, 1.82) is 0 Å². The van der Waals surface area contributed by atoms with Crippen LogP contribution in [0.15, 0.2) is 30.3 Å². The molecular formula is C15H13Cl2FO3.